The van der Waals surface area contributed by atoms with Crippen LogP contribution in [0.3, 0.4) is 0 Å². The molecule has 5 nitrogen and oxygen atoms in total. The first kappa shape index (κ1) is 21.8. The van der Waals surface area contributed by atoms with Crippen molar-refractivity contribution in [3.8, 4) is 0 Å². The third-order valence-corrected chi connectivity index (χ3v) is 5.17. The Labute approximate surface area is 151 Å². The molecule has 0 aromatic heterocycles. The molecule has 0 radical (unpaired) electrons. The number of hydrogen-bond donors (Lipinski definition) is 3. The van der Waals surface area contributed by atoms with Crippen LogP contribution in [0.15, 0.2) is 12.2 Å². The first-order valence-electron chi connectivity index (χ1n) is 9.70. The molecule has 0 spiro atoms. The molecule has 3 N–H and O–H groups in total. The summed E-state index contributed by atoms with van der Waals surface area (Å²) in [5.41, 5.74) is 0. The van der Waals surface area contributed by atoms with Gasteiger partial charge in [-0.2, -0.15) is 0 Å². The maximum absolute atomic E-state index is 12.0. The highest BCUT2D eigenvalue weighted by molar-refractivity contribution is 5.78. The van der Waals surface area contributed by atoms with E-state index in [1.165, 1.54) is 0 Å². The van der Waals surface area contributed by atoms with Crippen LogP contribution in [-0.4, -0.2) is 39.3 Å². The van der Waals surface area contributed by atoms with E-state index in [-0.39, 0.29) is 24.0 Å². The average Bonchev–Trinajstić information content (AvgIpc) is 2.82. The molecule has 4 atom stereocenters. The SMILES string of the molecule is CCCCCC(=O)CC[C@@H]1[C@@H](C/C=C/CCCC(=O)O)[C@@H](O)C[C@@H]1O. The molecule has 1 rings (SSSR count). The zero-order valence-electron chi connectivity index (χ0n) is 15.4. The Morgan fingerprint density at radius 2 is 1.68 bits per heavy atom. The van der Waals surface area contributed by atoms with Crippen LogP contribution in [0.4, 0.5) is 0 Å². The Kier molecular flexibility index (Phi) is 10.7. The summed E-state index contributed by atoms with van der Waals surface area (Å²) in [7, 11) is 0. The van der Waals surface area contributed by atoms with E-state index in [9.17, 15) is 19.8 Å². The third-order valence-electron chi connectivity index (χ3n) is 5.17. The predicted molar refractivity (Wildman–Crippen MR) is 97.2 cm³/mol. The molecule has 0 heterocycles. The molecule has 0 saturated heterocycles. The summed E-state index contributed by atoms with van der Waals surface area (Å²) in [5.74, 6) is -0.584. The molecule has 5 heteroatoms. The van der Waals surface area contributed by atoms with E-state index in [1.54, 1.807) is 0 Å². The molecule has 0 amide bonds. The number of carboxylic acid groups (broad SMARTS) is 1. The number of Topliss-reactive ketones (excluding diaryl/α,β-unsaturated/α-hetero) is 1. The van der Waals surface area contributed by atoms with Gasteiger partial charge in [0, 0.05) is 19.3 Å². The quantitative estimate of drug-likeness (QED) is 0.348. The van der Waals surface area contributed by atoms with Gasteiger partial charge in [-0.3, -0.25) is 9.59 Å². The number of carbonyl (C=O) groups excluding carboxylic acids is 1. The van der Waals surface area contributed by atoms with E-state index in [1.807, 2.05) is 12.2 Å². The molecule has 1 aliphatic carbocycles. The molecule has 1 fully saturated rings. The van der Waals surface area contributed by atoms with Crippen molar-refractivity contribution in [1.29, 1.82) is 0 Å². The Balaban J connectivity index is 2.38. The van der Waals surface area contributed by atoms with Crippen LogP contribution in [0.5, 0.6) is 0 Å². The van der Waals surface area contributed by atoms with Crippen LogP contribution >= 0.6 is 0 Å². The maximum atomic E-state index is 12.0. The van der Waals surface area contributed by atoms with Gasteiger partial charge in [-0.1, -0.05) is 31.9 Å². The fourth-order valence-corrected chi connectivity index (χ4v) is 3.67. The van der Waals surface area contributed by atoms with E-state index in [0.717, 1.165) is 19.3 Å². The third kappa shape index (κ3) is 8.63. The summed E-state index contributed by atoms with van der Waals surface area (Å²) in [5, 5.41) is 29.0. The zero-order valence-corrected chi connectivity index (χ0v) is 15.4. The van der Waals surface area contributed by atoms with Gasteiger partial charge in [0.2, 0.25) is 0 Å². The van der Waals surface area contributed by atoms with Crippen LogP contribution in [0.1, 0.15) is 77.6 Å². The minimum absolute atomic E-state index is 0.0193. The highest BCUT2D eigenvalue weighted by atomic mass is 16.4. The Morgan fingerprint density at radius 3 is 2.36 bits per heavy atom. The molecule has 0 aromatic rings. The summed E-state index contributed by atoms with van der Waals surface area (Å²) >= 11 is 0. The van der Waals surface area contributed by atoms with Crippen molar-refractivity contribution in [2.45, 2.75) is 89.8 Å². The second kappa shape index (κ2) is 12.2. The zero-order chi connectivity index (χ0) is 18.7. The summed E-state index contributed by atoms with van der Waals surface area (Å²) < 4.78 is 0. The topological polar surface area (TPSA) is 94.8 Å². The van der Waals surface area contributed by atoms with Crippen molar-refractivity contribution in [3.63, 3.8) is 0 Å². The number of aliphatic carboxylic acids is 1. The van der Waals surface area contributed by atoms with Crippen LogP contribution in [-0.2, 0) is 9.59 Å². The number of carboxylic acids is 1. The van der Waals surface area contributed by atoms with Gasteiger partial charge >= 0.3 is 5.97 Å². The van der Waals surface area contributed by atoms with Crippen molar-refractivity contribution >= 4 is 11.8 Å². The molecular weight excluding hydrogens is 320 g/mol. The molecule has 1 aliphatic rings. The molecule has 25 heavy (non-hydrogen) atoms. The summed E-state index contributed by atoms with van der Waals surface area (Å²) in [6.07, 6.45) is 10.2. The van der Waals surface area contributed by atoms with Crippen molar-refractivity contribution in [3.05, 3.63) is 12.2 Å². The van der Waals surface area contributed by atoms with E-state index < -0.39 is 18.2 Å². The Hall–Kier alpha value is -1.20. The lowest BCUT2D eigenvalue weighted by atomic mass is 9.86. The van der Waals surface area contributed by atoms with E-state index in [4.69, 9.17) is 5.11 Å². The number of hydrogen-bond acceptors (Lipinski definition) is 4. The summed E-state index contributed by atoms with van der Waals surface area (Å²) in [6, 6.07) is 0. The fourth-order valence-electron chi connectivity index (χ4n) is 3.67. The lowest BCUT2D eigenvalue weighted by Gasteiger charge is -2.22. The largest absolute Gasteiger partial charge is 0.481 e. The van der Waals surface area contributed by atoms with Crippen molar-refractivity contribution in [2.75, 3.05) is 0 Å². The highest BCUT2D eigenvalue weighted by Crippen LogP contribution is 2.38. The van der Waals surface area contributed by atoms with Gasteiger partial charge in [-0.05, 0) is 50.4 Å². The first-order valence-corrected chi connectivity index (χ1v) is 9.70. The van der Waals surface area contributed by atoms with E-state index in [2.05, 4.69) is 6.92 Å². The average molecular weight is 354 g/mol. The number of rotatable bonds is 13. The van der Waals surface area contributed by atoms with Crippen molar-refractivity contribution in [2.24, 2.45) is 11.8 Å². The maximum Gasteiger partial charge on any atom is 0.303 e. The molecule has 0 aliphatic heterocycles. The molecule has 0 bridgehead atoms. The van der Waals surface area contributed by atoms with Crippen LogP contribution in [0, 0.1) is 11.8 Å². The number of aliphatic hydroxyl groups is 2. The van der Waals surface area contributed by atoms with Crippen molar-refractivity contribution < 1.29 is 24.9 Å². The van der Waals surface area contributed by atoms with Gasteiger partial charge in [0.05, 0.1) is 12.2 Å². The molecule has 144 valence electrons. The number of ketones is 1. The normalized spacial score (nSPS) is 26.4. The van der Waals surface area contributed by atoms with Gasteiger partial charge in [0.15, 0.2) is 0 Å². The lowest BCUT2D eigenvalue weighted by Crippen LogP contribution is -2.22. The minimum atomic E-state index is -0.786. The number of allylic oxidation sites excluding steroid dienone is 2. The lowest BCUT2D eigenvalue weighted by molar-refractivity contribution is -0.137. The number of carbonyl (C=O) groups is 2. The summed E-state index contributed by atoms with van der Waals surface area (Å²) in [6.45, 7) is 2.11. The monoisotopic (exact) mass is 354 g/mol. The number of aliphatic hydroxyl groups excluding tert-OH is 2. The van der Waals surface area contributed by atoms with Crippen molar-refractivity contribution in [1.82, 2.24) is 0 Å². The van der Waals surface area contributed by atoms with Gasteiger partial charge < -0.3 is 15.3 Å². The van der Waals surface area contributed by atoms with Crippen LogP contribution < -0.4 is 0 Å². The molecular formula is C20H34O5. The highest BCUT2D eigenvalue weighted by Gasteiger charge is 2.40. The van der Waals surface area contributed by atoms with Gasteiger partial charge in [-0.15, -0.1) is 0 Å². The van der Waals surface area contributed by atoms with Crippen LogP contribution in [0.2, 0.25) is 0 Å². The minimum Gasteiger partial charge on any atom is -0.481 e. The van der Waals surface area contributed by atoms with E-state index >= 15 is 0 Å². The molecule has 0 unspecified atom stereocenters. The van der Waals surface area contributed by atoms with Gasteiger partial charge in [0.1, 0.15) is 5.78 Å². The Bertz CT molecular complexity index is 432. The summed E-state index contributed by atoms with van der Waals surface area (Å²) in [4.78, 5) is 22.4. The fraction of sp³-hybridized carbons (Fsp3) is 0.800. The first-order chi connectivity index (χ1) is 12.0. The number of unbranched alkanes of at least 4 members (excludes halogenated alkanes) is 3. The Morgan fingerprint density at radius 1 is 0.960 bits per heavy atom. The molecule has 1 saturated carbocycles. The molecule has 0 aromatic carbocycles. The smallest absolute Gasteiger partial charge is 0.303 e. The second-order valence-corrected chi connectivity index (χ2v) is 7.23. The van der Waals surface area contributed by atoms with Crippen LogP contribution in [0.25, 0.3) is 0 Å². The predicted octanol–water partition coefficient (Wildman–Crippen LogP) is 3.48. The van der Waals surface area contributed by atoms with E-state index in [0.29, 0.717) is 44.9 Å². The van der Waals surface area contributed by atoms with Gasteiger partial charge in [0.25, 0.3) is 0 Å². The standard InChI is InChI=1S/C20H34O5/c1-2-3-6-9-15(21)12-13-17-16(18(22)14-19(17)23)10-7-4-5-8-11-20(24)25/h4,7,16-19,22-23H,2-3,5-6,8-14H2,1H3,(H,24,25)/b7-4+/t16-,17-,18+,19+/m1/s1. The van der Waals surface area contributed by atoms with Gasteiger partial charge in [-0.25, -0.2) is 0 Å². The second-order valence-electron chi connectivity index (χ2n) is 7.23.